The van der Waals surface area contributed by atoms with Gasteiger partial charge in [0.2, 0.25) is 0 Å². The van der Waals surface area contributed by atoms with E-state index in [9.17, 15) is 9.90 Å². The fraction of sp³-hybridized carbons (Fsp3) is 0.231. The van der Waals surface area contributed by atoms with E-state index in [1.165, 1.54) is 6.07 Å². The Morgan fingerprint density at radius 3 is 2.68 bits per heavy atom. The number of nitrogens with one attached hydrogen (secondary N) is 1. The van der Waals surface area contributed by atoms with Crippen LogP contribution in [0.5, 0.6) is 5.75 Å². The standard InChI is InChI=1S/C13H12BrClN2O2/c1-6(2)11-10(14)13(19)17-12(16-11)7-3-4-9(18)8(15)5-7/h3-6,18H,1-2H3,(H,16,17,19). The van der Waals surface area contributed by atoms with Gasteiger partial charge >= 0.3 is 0 Å². The van der Waals surface area contributed by atoms with Crippen molar-refractivity contribution in [3.8, 4) is 17.1 Å². The van der Waals surface area contributed by atoms with E-state index in [-0.39, 0.29) is 22.2 Å². The largest absolute Gasteiger partial charge is 0.506 e. The van der Waals surface area contributed by atoms with Crippen molar-refractivity contribution in [1.29, 1.82) is 0 Å². The summed E-state index contributed by atoms with van der Waals surface area (Å²) in [5.41, 5.74) is 1.09. The molecule has 0 saturated heterocycles. The van der Waals surface area contributed by atoms with Crippen LogP contribution in [0.3, 0.4) is 0 Å². The molecule has 0 spiro atoms. The third-order valence-corrected chi connectivity index (χ3v) is 3.73. The molecular formula is C13H12BrClN2O2. The van der Waals surface area contributed by atoms with Gasteiger partial charge in [-0.25, -0.2) is 4.98 Å². The van der Waals surface area contributed by atoms with Gasteiger partial charge in [0.25, 0.3) is 5.56 Å². The quantitative estimate of drug-likeness (QED) is 0.874. The van der Waals surface area contributed by atoms with Gasteiger partial charge in [0, 0.05) is 5.56 Å². The Kier molecular flexibility index (Phi) is 3.96. The molecule has 2 aromatic rings. The van der Waals surface area contributed by atoms with Crippen LogP contribution in [-0.2, 0) is 0 Å². The first-order valence-electron chi connectivity index (χ1n) is 5.68. The molecule has 0 aliphatic carbocycles. The average Bonchev–Trinajstić information content (AvgIpc) is 2.35. The molecule has 100 valence electrons. The van der Waals surface area contributed by atoms with Gasteiger partial charge in [-0.15, -0.1) is 0 Å². The van der Waals surface area contributed by atoms with Gasteiger partial charge in [-0.05, 0) is 40.0 Å². The van der Waals surface area contributed by atoms with Crippen LogP contribution in [0.2, 0.25) is 5.02 Å². The van der Waals surface area contributed by atoms with Crippen LogP contribution < -0.4 is 5.56 Å². The van der Waals surface area contributed by atoms with E-state index in [4.69, 9.17) is 11.6 Å². The van der Waals surface area contributed by atoms with Crippen molar-refractivity contribution >= 4 is 27.5 Å². The van der Waals surface area contributed by atoms with Crippen LogP contribution in [0, 0.1) is 0 Å². The zero-order chi connectivity index (χ0) is 14.2. The summed E-state index contributed by atoms with van der Waals surface area (Å²) in [6, 6.07) is 4.68. The van der Waals surface area contributed by atoms with Gasteiger partial charge in [0.1, 0.15) is 16.0 Å². The highest BCUT2D eigenvalue weighted by molar-refractivity contribution is 9.10. The van der Waals surface area contributed by atoms with Crippen molar-refractivity contribution < 1.29 is 5.11 Å². The molecule has 0 fully saturated rings. The van der Waals surface area contributed by atoms with Crippen molar-refractivity contribution in [2.24, 2.45) is 0 Å². The molecule has 1 aromatic carbocycles. The van der Waals surface area contributed by atoms with Crippen molar-refractivity contribution in [2.45, 2.75) is 19.8 Å². The summed E-state index contributed by atoms with van der Waals surface area (Å²) in [6.45, 7) is 3.92. The molecule has 1 heterocycles. The number of halogens is 2. The van der Waals surface area contributed by atoms with Gasteiger partial charge < -0.3 is 10.1 Å². The molecule has 0 unspecified atom stereocenters. The molecule has 2 rings (SSSR count). The number of benzene rings is 1. The third kappa shape index (κ3) is 2.82. The number of nitrogens with zero attached hydrogens (tertiary/aromatic N) is 1. The lowest BCUT2D eigenvalue weighted by atomic mass is 10.1. The third-order valence-electron chi connectivity index (χ3n) is 2.66. The summed E-state index contributed by atoms with van der Waals surface area (Å²) < 4.78 is 0.441. The lowest BCUT2D eigenvalue weighted by Crippen LogP contribution is -2.14. The number of H-pyrrole nitrogens is 1. The zero-order valence-corrected chi connectivity index (χ0v) is 12.7. The van der Waals surface area contributed by atoms with Crippen molar-refractivity contribution in [2.75, 3.05) is 0 Å². The van der Waals surface area contributed by atoms with Crippen LogP contribution >= 0.6 is 27.5 Å². The van der Waals surface area contributed by atoms with Crippen LogP contribution in [-0.4, -0.2) is 15.1 Å². The van der Waals surface area contributed by atoms with Crippen LogP contribution in [0.25, 0.3) is 11.4 Å². The number of phenolic OH excluding ortho intramolecular Hbond substituents is 1. The Morgan fingerprint density at radius 1 is 1.42 bits per heavy atom. The maximum absolute atomic E-state index is 11.9. The SMILES string of the molecule is CC(C)c1nc(-c2ccc(O)c(Cl)c2)[nH]c(=O)c1Br. The molecule has 4 nitrogen and oxygen atoms in total. The smallest absolute Gasteiger partial charge is 0.265 e. The monoisotopic (exact) mass is 342 g/mol. The van der Waals surface area contributed by atoms with E-state index in [0.29, 0.717) is 21.6 Å². The predicted molar refractivity (Wildman–Crippen MR) is 78.8 cm³/mol. The summed E-state index contributed by atoms with van der Waals surface area (Å²) >= 11 is 9.10. The number of rotatable bonds is 2. The summed E-state index contributed by atoms with van der Waals surface area (Å²) in [5.74, 6) is 0.538. The van der Waals surface area contributed by atoms with Crippen molar-refractivity contribution in [3.05, 3.63) is 43.7 Å². The normalized spacial score (nSPS) is 11.0. The minimum atomic E-state index is -0.238. The second kappa shape index (κ2) is 5.35. The zero-order valence-electron chi connectivity index (χ0n) is 10.4. The molecule has 0 aliphatic rings. The molecular weight excluding hydrogens is 332 g/mol. The van der Waals surface area contributed by atoms with Gasteiger partial charge in [-0.2, -0.15) is 0 Å². The van der Waals surface area contributed by atoms with Gasteiger partial charge in [-0.3, -0.25) is 4.79 Å². The minimum Gasteiger partial charge on any atom is -0.506 e. The number of hydrogen-bond acceptors (Lipinski definition) is 3. The molecule has 0 bridgehead atoms. The molecule has 0 atom stereocenters. The summed E-state index contributed by atoms with van der Waals surface area (Å²) in [7, 11) is 0. The summed E-state index contributed by atoms with van der Waals surface area (Å²) in [4.78, 5) is 19.0. The first-order valence-corrected chi connectivity index (χ1v) is 6.86. The van der Waals surface area contributed by atoms with Crippen LogP contribution in [0.15, 0.2) is 27.5 Å². The maximum Gasteiger partial charge on any atom is 0.265 e. The number of phenols is 1. The van der Waals surface area contributed by atoms with E-state index in [1.54, 1.807) is 12.1 Å². The van der Waals surface area contributed by atoms with E-state index >= 15 is 0 Å². The van der Waals surface area contributed by atoms with Gasteiger partial charge in [0.05, 0.1) is 10.7 Å². The van der Waals surface area contributed by atoms with E-state index in [2.05, 4.69) is 25.9 Å². The predicted octanol–water partition coefficient (Wildman–Crippen LogP) is 3.68. The number of aromatic hydroxyl groups is 1. The lowest BCUT2D eigenvalue weighted by molar-refractivity contribution is 0.475. The highest BCUT2D eigenvalue weighted by Gasteiger charge is 2.13. The second-order valence-electron chi connectivity index (χ2n) is 4.43. The fourth-order valence-electron chi connectivity index (χ4n) is 1.65. The topological polar surface area (TPSA) is 66.0 Å². The number of hydrogen-bond donors (Lipinski definition) is 2. The summed E-state index contributed by atoms with van der Waals surface area (Å²) in [6.07, 6.45) is 0. The van der Waals surface area contributed by atoms with Crippen LogP contribution in [0.1, 0.15) is 25.5 Å². The van der Waals surface area contributed by atoms with Crippen LogP contribution in [0.4, 0.5) is 0 Å². The summed E-state index contributed by atoms with van der Waals surface area (Å²) in [5, 5.41) is 9.62. The number of aromatic amines is 1. The molecule has 0 saturated carbocycles. The van der Waals surface area contributed by atoms with Crippen molar-refractivity contribution in [1.82, 2.24) is 9.97 Å². The minimum absolute atomic E-state index is 0.00559. The van der Waals surface area contributed by atoms with Gasteiger partial charge in [0.15, 0.2) is 0 Å². The molecule has 0 radical (unpaired) electrons. The lowest BCUT2D eigenvalue weighted by Gasteiger charge is -2.09. The Bertz CT molecular complexity index is 683. The molecule has 0 aliphatic heterocycles. The highest BCUT2D eigenvalue weighted by Crippen LogP contribution is 2.28. The second-order valence-corrected chi connectivity index (χ2v) is 5.63. The fourth-order valence-corrected chi connectivity index (χ4v) is 2.48. The van der Waals surface area contributed by atoms with E-state index < -0.39 is 0 Å². The molecule has 2 N–H and O–H groups in total. The van der Waals surface area contributed by atoms with Crippen molar-refractivity contribution in [3.63, 3.8) is 0 Å². The Morgan fingerprint density at radius 2 is 2.11 bits per heavy atom. The van der Waals surface area contributed by atoms with Gasteiger partial charge in [-0.1, -0.05) is 25.4 Å². The average molecular weight is 344 g/mol. The molecule has 6 heteroatoms. The Hall–Kier alpha value is -1.33. The Balaban J connectivity index is 2.63. The molecule has 1 aromatic heterocycles. The maximum atomic E-state index is 11.9. The van der Waals surface area contributed by atoms with E-state index in [0.717, 1.165) is 0 Å². The first-order chi connectivity index (χ1) is 8.90. The number of aromatic nitrogens is 2. The highest BCUT2D eigenvalue weighted by atomic mass is 79.9. The molecule has 19 heavy (non-hydrogen) atoms. The van der Waals surface area contributed by atoms with E-state index in [1.807, 2.05) is 13.8 Å². The molecule has 0 amide bonds. The first kappa shape index (κ1) is 14.1. The Labute approximate surface area is 123 Å².